The minimum absolute atomic E-state index is 0.00652. The maximum absolute atomic E-state index is 11.7. The van der Waals surface area contributed by atoms with Crippen molar-refractivity contribution in [2.75, 3.05) is 25.6 Å². The Morgan fingerprint density at radius 3 is 2.94 bits per heavy atom. The van der Waals surface area contributed by atoms with Crippen molar-refractivity contribution in [3.05, 3.63) is 21.9 Å². The Morgan fingerprint density at radius 1 is 1.47 bits per heavy atom. The first-order chi connectivity index (χ1) is 8.27. The number of alkyl halides is 1. The molecule has 1 aromatic rings. The molecule has 1 rings (SSSR count). The Balaban J connectivity index is 2.16. The highest BCUT2D eigenvalue weighted by molar-refractivity contribution is 7.14. The molecule has 0 bridgehead atoms. The molecule has 3 nitrogen and oxygen atoms in total. The zero-order chi connectivity index (χ0) is 12.5. The minimum Gasteiger partial charge on any atom is -0.380 e. The number of carbonyl (C=O) groups excluding carboxylic acids is 1. The molecule has 0 atom stereocenters. The van der Waals surface area contributed by atoms with Crippen molar-refractivity contribution in [1.82, 2.24) is 5.32 Å². The molecule has 0 aliphatic rings. The van der Waals surface area contributed by atoms with Gasteiger partial charge in [-0.25, -0.2) is 0 Å². The number of rotatable bonds is 8. The fourth-order valence-electron chi connectivity index (χ4n) is 1.31. The van der Waals surface area contributed by atoms with Gasteiger partial charge in [0.25, 0.3) is 5.91 Å². The molecule has 0 radical (unpaired) electrons. The van der Waals surface area contributed by atoms with Gasteiger partial charge in [-0.3, -0.25) is 4.79 Å². The molecule has 96 valence electrons. The summed E-state index contributed by atoms with van der Waals surface area (Å²) in [6, 6.07) is 3.88. The lowest BCUT2D eigenvalue weighted by atomic mass is 10.3. The molecule has 0 aliphatic heterocycles. The number of ether oxygens (including phenoxy) is 1. The summed E-state index contributed by atoms with van der Waals surface area (Å²) in [5.74, 6) is 0.522. The number of hydrogen-bond donors (Lipinski definition) is 1. The van der Waals surface area contributed by atoms with Crippen LogP contribution >= 0.6 is 22.9 Å². The summed E-state index contributed by atoms with van der Waals surface area (Å²) in [5, 5.41) is 2.87. The fourth-order valence-corrected chi connectivity index (χ4v) is 2.28. The topological polar surface area (TPSA) is 38.3 Å². The molecule has 0 unspecified atom stereocenters. The summed E-state index contributed by atoms with van der Waals surface area (Å²) in [7, 11) is 0. The lowest BCUT2D eigenvalue weighted by Gasteiger charge is -2.04. The van der Waals surface area contributed by atoms with Crippen molar-refractivity contribution in [2.45, 2.75) is 19.8 Å². The maximum atomic E-state index is 11.7. The number of aryl methyl sites for hydroxylation is 1. The van der Waals surface area contributed by atoms with Crippen molar-refractivity contribution in [3.8, 4) is 0 Å². The van der Waals surface area contributed by atoms with Crippen LogP contribution in [0.1, 0.15) is 27.9 Å². The average molecular weight is 276 g/mol. The third kappa shape index (κ3) is 5.52. The molecule has 1 heterocycles. The van der Waals surface area contributed by atoms with Gasteiger partial charge in [-0.15, -0.1) is 22.9 Å². The van der Waals surface area contributed by atoms with E-state index in [4.69, 9.17) is 16.3 Å². The van der Waals surface area contributed by atoms with Crippen LogP contribution in [0.5, 0.6) is 0 Å². The molecular weight excluding hydrogens is 258 g/mol. The molecule has 0 saturated carbocycles. The number of hydrogen-bond acceptors (Lipinski definition) is 3. The van der Waals surface area contributed by atoms with Crippen molar-refractivity contribution < 1.29 is 9.53 Å². The number of amides is 1. The van der Waals surface area contributed by atoms with Crippen LogP contribution in [0.2, 0.25) is 0 Å². The van der Waals surface area contributed by atoms with Crippen LogP contribution in [0.3, 0.4) is 0 Å². The molecule has 1 amide bonds. The molecule has 0 fully saturated rings. The van der Waals surface area contributed by atoms with Crippen molar-refractivity contribution >= 4 is 28.8 Å². The van der Waals surface area contributed by atoms with E-state index in [1.807, 2.05) is 12.1 Å². The van der Waals surface area contributed by atoms with Gasteiger partial charge in [-0.2, -0.15) is 0 Å². The van der Waals surface area contributed by atoms with Crippen LogP contribution in [0.15, 0.2) is 12.1 Å². The largest absolute Gasteiger partial charge is 0.380 e. The van der Waals surface area contributed by atoms with Gasteiger partial charge in [0.15, 0.2) is 0 Å². The van der Waals surface area contributed by atoms with Crippen LogP contribution in [0.4, 0.5) is 0 Å². The molecule has 17 heavy (non-hydrogen) atoms. The van der Waals surface area contributed by atoms with Crippen molar-refractivity contribution in [3.63, 3.8) is 0 Å². The molecule has 0 aromatic carbocycles. The van der Waals surface area contributed by atoms with Gasteiger partial charge in [0.1, 0.15) is 0 Å². The minimum atomic E-state index is 0.00652. The Labute approximate surface area is 111 Å². The molecule has 5 heteroatoms. The lowest BCUT2D eigenvalue weighted by molar-refractivity contribution is 0.0948. The van der Waals surface area contributed by atoms with Crippen LogP contribution in [0.25, 0.3) is 0 Å². The molecule has 0 aliphatic carbocycles. The zero-order valence-electron chi connectivity index (χ0n) is 10.0. The molecule has 0 saturated heterocycles. The normalized spacial score (nSPS) is 10.5. The van der Waals surface area contributed by atoms with E-state index in [2.05, 4.69) is 12.2 Å². The van der Waals surface area contributed by atoms with E-state index < -0.39 is 0 Å². The van der Waals surface area contributed by atoms with E-state index >= 15 is 0 Å². The van der Waals surface area contributed by atoms with Gasteiger partial charge < -0.3 is 10.1 Å². The van der Waals surface area contributed by atoms with Crippen LogP contribution < -0.4 is 5.32 Å². The third-order valence-corrected chi connectivity index (χ3v) is 3.59. The van der Waals surface area contributed by atoms with Gasteiger partial charge in [0, 0.05) is 23.9 Å². The predicted octanol–water partition coefficient (Wildman–Crippen LogP) is 2.69. The maximum Gasteiger partial charge on any atom is 0.261 e. The van der Waals surface area contributed by atoms with E-state index in [1.54, 1.807) is 11.3 Å². The highest BCUT2D eigenvalue weighted by atomic mass is 35.5. The quantitative estimate of drug-likeness (QED) is 0.585. The summed E-state index contributed by atoms with van der Waals surface area (Å²) < 4.78 is 5.21. The number of nitrogens with one attached hydrogen (secondary N) is 1. The molecule has 1 N–H and O–H groups in total. The number of carbonyl (C=O) groups is 1. The Hall–Kier alpha value is -0.580. The first-order valence-corrected chi connectivity index (χ1v) is 7.13. The van der Waals surface area contributed by atoms with Gasteiger partial charge in [0.05, 0.1) is 11.5 Å². The second-order valence-electron chi connectivity index (χ2n) is 3.53. The van der Waals surface area contributed by atoms with E-state index in [-0.39, 0.29) is 5.91 Å². The second kappa shape index (κ2) is 8.50. The highest BCUT2D eigenvalue weighted by Gasteiger charge is 2.07. The monoisotopic (exact) mass is 275 g/mol. The van der Waals surface area contributed by atoms with Gasteiger partial charge >= 0.3 is 0 Å². The van der Waals surface area contributed by atoms with E-state index in [1.165, 1.54) is 4.88 Å². The molecule has 1 aromatic heterocycles. The van der Waals surface area contributed by atoms with Gasteiger partial charge in [0.2, 0.25) is 0 Å². The number of halogens is 1. The van der Waals surface area contributed by atoms with E-state index in [0.29, 0.717) is 25.6 Å². The molecular formula is C12H18ClNO2S. The second-order valence-corrected chi connectivity index (χ2v) is 5.08. The SMILES string of the molecule is CCc1ccc(C(=O)NCCCOCCCl)s1. The summed E-state index contributed by atoms with van der Waals surface area (Å²) in [5.41, 5.74) is 0. The highest BCUT2D eigenvalue weighted by Crippen LogP contribution is 2.16. The lowest BCUT2D eigenvalue weighted by Crippen LogP contribution is -2.24. The van der Waals surface area contributed by atoms with Crippen molar-refractivity contribution in [1.29, 1.82) is 0 Å². The predicted molar refractivity (Wildman–Crippen MR) is 72.2 cm³/mol. The molecule has 0 spiro atoms. The fraction of sp³-hybridized carbons (Fsp3) is 0.583. The first-order valence-electron chi connectivity index (χ1n) is 5.78. The van der Waals surface area contributed by atoms with Crippen molar-refractivity contribution in [2.24, 2.45) is 0 Å². The Kier molecular flexibility index (Phi) is 7.24. The smallest absolute Gasteiger partial charge is 0.261 e. The van der Waals surface area contributed by atoms with Crippen LogP contribution in [-0.2, 0) is 11.2 Å². The average Bonchev–Trinajstić information content (AvgIpc) is 2.82. The van der Waals surface area contributed by atoms with E-state index in [0.717, 1.165) is 17.7 Å². The summed E-state index contributed by atoms with van der Waals surface area (Å²) in [6.45, 7) is 3.93. The Morgan fingerprint density at radius 2 is 2.29 bits per heavy atom. The third-order valence-electron chi connectivity index (χ3n) is 2.21. The van der Waals surface area contributed by atoms with Gasteiger partial charge in [-0.1, -0.05) is 6.92 Å². The van der Waals surface area contributed by atoms with E-state index in [9.17, 15) is 4.79 Å². The van der Waals surface area contributed by atoms with Crippen LogP contribution in [-0.4, -0.2) is 31.5 Å². The first kappa shape index (κ1) is 14.5. The number of thiophene rings is 1. The summed E-state index contributed by atoms with van der Waals surface area (Å²) in [4.78, 5) is 13.7. The summed E-state index contributed by atoms with van der Waals surface area (Å²) >= 11 is 7.02. The van der Waals surface area contributed by atoms with Gasteiger partial charge in [-0.05, 0) is 25.0 Å². The Bertz CT molecular complexity index is 341. The van der Waals surface area contributed by atoms with Crippen LogP contribution in [0, 0.1) is 0 Å². The zero-order valence-corrected chi connectivity index (χ0v) is 11.6. The standard InChI is InChI=1S/C12H18ClNO2S/c1-2-10-4-5-11(17-10)12(15)14-7-3-8-16-9-6-13/h4-5H,2-3,6-9H2,1H3,(H,14,15). The summed E-state index contributed by atoms with van der Waals surface area (Å²) in [6.07, 6.45) is 1.79.